The van der Waals surface area contributed by atoms with Crippen molar-refractivity contribution in [1.82, 2.24) is 9.71 Å². The van der Waals surface area contributed by atoms with Crippen LogP contribution in [-0.4, -0.2) is 19.9 Å². The summed E-state index contributed by atoms with van der Waals surface area (Å²) in [5, 5.41) is 0. The number of nitrogen functional groups attached to an aromatic ring is 1. The van der Waals surface area contributed by atoms with E-state index < -0.39 is 10.0 Å². The van der Waals surface area contributed by atoms with E-state index in [4.69, 9.17) is 5.73 Å². The molecule has 0 unspecified atom stereocenters. The van der Waals surface area contributed by atoms with Gasteiger partial charge in [0.2, 0.25) is 10.0 Å². The van der Waals surface area contributed by atoms with Crippen molar-refractivity contribution in [1.29, 1.82) is 0 Å². The molecule has 6 heteroatoms. The van der Waals surface area contributed by atoms with E-state index in [1.807, 2.05) is 0 Å². The Bertz CT molecular complexity index is 451. The molecule has 1 heterocycles. The van der Waals surface area contributed by atoms with E-state index >= 15 is 0 Å². The molecule has 1 saturated carbocycles. The van der Waals surface area contributed by atoms with Crippen molar-refractivity contribution in [2.75, 3.05) is 12.3 Å². The fraction of sp³-hybridized carbons (Fsp3) is 0.500. The number of hydrogen-bond donors (Lipinski definition) is 2. The molecule has 0 bridgehead atoms. The number of rotatable bonds is 4. The Morgan fingerprint density at radius 3 is 2.69 bits per heavy atom. The van der Waals surface area contributed by atoms with Gasteiger partial charge in [0.1, 0.15) is 10.7 Å². The molecular formula is C10H15N3O2S. The largest absolute Gasteiger partial charge is 0.384 e. The van der Waals surface area contributed by atoms with Crippen LogP contribution in [0.5, 0.6) is 0 Å². The summed E-state index contributed by atoms with van der Waals surface area (Å²) >= 11 is 0. The standard InChI is InChI=1S/C10H15N3O2S/c11-10-5-4-9(7-12-10)16(14,15)13-6-8-2-1-3-8/h4-5,7-8,13H,1-3,6H2,(H2,11,12). The van der Waals surface area contributed by atoms with E-state index in [9.17, 15) is 8.42 Å². The lowest BCUT2D eigenvalue weighted by atomic mass is 9.86. The molecule has 0 aromatic carbocycles. The summed E-state index contributed by atoms with van der Waals surface area (Å²) in [6.07, 6.45) is 4.71. The number of nitrogens with zero attached hydrogens (tertiary/aromatic N) is 1. The molecule has 88 valence electrons. The summed E-state index contributed by atoms with van der Waals surface area (Å²) in [5.41, 5.74) is 5.40. The van der Waals surface area contributed by atoms with Crippen LogP contribution in [0.25, 0.3) is 0 Å². The van der Waals surface area contributed by atoms with Crippen LogP contribution in [-0.2, 0) is 10.0 Å². The Hall–Kier alpha value is -1.14. The molecule has 0 radical (unpaired) electrons. The van der Waals surface area contributed by atoms with Gasteiger partial charge in [-0.2, -0.15) is 0 Å². The molecule has 5 nitrogen and oxygen atoms in total. The average Bonchev–Trinajstić information content (AvgIpc) is 2.15. The van der Waals surface area contributed by atoms with Crippen molar-refractivity contribution in [2.24, 2.45) is 5.92 Å². The van der Waals surface area contributed by atoms with Crippen LogP contribution in [0.15, 0.2) is 23.2 Å². The normalized spacial score (nSPS) is 17.0. The van der Waals surface area contributed by atoms with E-state index in [0.717, 1.165) is 12.8 Å². The Morgan fingerprint density at radius 1 is 1.44 bits per heavy atom. The predicted octanol–water partition coefficient (Wildman–Crippen LogP) is 0.742. The zero-order chi connectivity index (χ0) is 11.6. The van der Waals surface area contributed by atoms with Gasteiger partial charge in [0.25, 0.3) is 0 Å². The van der Waals surface area contributed by atoms with Gasteiger partial charge in [-0.15, -0.1) is 0 Å². The second-order valence-corrected chi connectivity index (χ2v) is 5.83. The van der Waals surface area contributed by atoms with Crippen LogP contribution in [0.2, 0.25) is 0 Å². The lowest BCUT2D eigenvalue weighted by Crippen LogP contribution is -2.32. The minimum Gasteiger partial charge on any atom is -0.384 e. The number of pyridine rings is 1. The van der Waals surface area contributed by atoms with Gasteiger partial charge in [-0.25, -0.2) is 18.1 Å². The van der Waals surface area contributed by atoms with Gasteiger partial charge in [-0.1, -0.05) is 6.42 Å². The second-order valence-electron chi connectivity index (χ2n) is 4.07. The number of hydrogen-bond acceptors (Lipinski definition) is 4. The average molecular weight is 241 g/mol. The molecule has 0 amide bonds. The first-order valence-corrected chi connectivity index (χ1v) is 6.77. The van der Waals surface area contributed by atoms with Crippen LogP contribution in [0.1, 0.15) is 19.3 Å². The van der Waals surface area contributed by atoms with Crippen molar-refractivity contribution in [3.63, 3.8) is 0 Å². The third kappa shape index (κ3) is 2.51. The highest BCUT2D eigenvalue weighted by Crippen LogP contribution is 2.25. The quantitative estimate of drug-likeness (QED) is 0.814. The second kappa shape index (κ2) is 4.39. The van der Waals surface area contributed by atoms with Crippen molar-refractivity contribution >= 4 is 15.8 Å². The zero-order valence-corrected chi connectivity index (χ0v) is 9.70. The molecule has 1 fully saturated rings. The Balaban J connectivity index is 2.02. The SMILES string of the molecule is Nc1ccc(S(=O)(=O)NCC2CCC2)cn1. The summed E-state index contributed by atoms with van der Waals surface area (Å²) < 4.78 is 26.2. The first kappa shape index (κ1) is 11.3. The van der Waals surface area contributed by atoms with Gasteiger partial charge >= 0.3 is 0 Å². The highest BCUT2D eigenvalue weighted by atomic mass is 32.2. The highest BCUT2D eigenvalue weighted by molar-refractivity contribution is 7.89. The minimum absolute atomic E-state index is 0.168. The number of sulfonamides is 1. The summed E-state index contributed by atoms with van der Waals surface area (Å²) in [6.45, 7) is 0.521. The van der Waals surface area contributed by atoms with Crippen LogP contribution in [0.3, 0.4) is 0 Å². The van der Waals surface area contributed by atoms with E-state index in [0.29, 0.717) is 18.3 Å². The molecular weight excluding hydrogens is 226 g/mol. The molecule has 1 aliphatic carbocycles. The Morgan fingerprint density at radius 2 is 2.19 bits per heavy atom. The first-order valence-electron chi connectivity index (χ1n) is 5.29. The van der Waals surface area contributed by atoms with E-state index in [1.54, 1.807) is 0 Å². The number of nitrogens with one attached hydrogen (secondary N) is 1. The summed E-state index contributed by atoms with van der Waals surface area (Å²) in [4.78, 5) is 3.93. The lowest BCUT2D eigenvalue weighted by molar-refractivity contribution is 0.316. The van der Waals surface area contributed by atoms with Gasteiger partial charge in [-0.3, -0.25) is 0 Å². The molecule has 0 spiro atoms. The highest BCUT2D eigenvalue weighted by Gasteiger charge is 2.21. The predicted molar refractivity (Wildman–Crippen MR) is 61.2 cm³/mol. The summed E-state index contributed by atoms with van der Waals surface area (Å²) in [6, 6.07) is 2.95. The third-order valence-electron chi connectivity index (χ3n) is 2.86. The van der Waals surface area contributed by atoms with Crippen LogP contribution in [0.4, 0.5) is 5.82 Å². The van der Waals surface area contributed by atoms with Gasteiger partial charge < -0.3 is 5.73 Å². The maximum absolute atomic E-state index is 11.8. The van der Waals surface area contributed by atoms with E-state index in [2.05, 4.69) is 9.71 Å². The first-order chi connectivity index (χ1) is 7.58. The van der Waals surface area contributed by atoms with Gasteiger partial charge in [0.15, 0.2) is 0 Å². The minimum atomic E-state index is -3.42. The molecule has 16 heavy (non-hydrogen) atoms. The monoisotopic (exact) mass is 241 g/mol. The Kier molecular flexibility index (Phi) is 3.11. The number of aromatic nitrogens is 1. The lowest BCUT2D eigenvalue weighted by Gasteiger charge is -2.25. The van der Waals surface area contributed by atoms with Crippen molar-refractivity contribution in [2.45, 2.75) is 24.2 Å². The van der Waals surface area contributed by atoms with Gasteiger partial charge in [0, 0.05) is 12.7 Å². The molecule has 1 aliphatic rings. The maximum Gasteiger partial charge on any atom is 0.242 e. The van der Waals surface area contributed by atoms with Crippen molar-refractivity contribution < 1.29 is 8.42 Å². The van der Waals surface area contributed by atoms with Crippen molar-refractivity contribution in [3.05, 3.63) is 18.3 Å². The Labute approximate surface area is 95.1 Å². The molecule has 2 rings (SSSR count). The van der Waals surface area contributed by atoms with Gasteiger partial charge in [0.05, 0.1) is 0 Å². The molecule has 0 aliphatic heterocycles. The molecule has 3 N–H and O–H groups in total. The van der Waals surface area contributed by atoms with Crippen LogP contribution >= 0.6 is 0 Å². The smallest absolute Gasteiger partial charge is 0.242 e. The summed E-state index contributed by atoms with van der Waals surface area (Å²) in [7, 11) is -3.42. The fourth-order valence-electron chi connectivity index (χ4n) is 1.56. The number of anilines is 1. The van der Waals surface area contributed by atoms with Gasteiger partial charge in [-0.05, 0) is 30.9 Å². The van der Waals surface area contributed by atoms with E-state index in [1.165, 1.54) is 24.8 Å². The summed E-state index contributed by atoms with van der Waals surface area (Å²) in [5.74, 6) is 0.814. The third-order valence-corrected chi connectivity index (χ3v) is 4.27. The molecule has 0 saturated heterocycles. The topological polar surface area (TPSA) is 85.1 Å². The van der Waals surface area contributed by atoms with Crippen molar-refractivity contribution in [3.8, 4) is 0 Å². The number of nitrogens with two attached hydrogens (primary N) is 1. The zero-order valence-electron chi connectivity index (χ0n) is 8.89. The van der Waals surface area contributed by atoms with Crippen LogP contribution < -0.4 is 10.5 Å². The fourth-order valence-corrected chi connectivity index (χ4v) is 2.62. The molecule has 1 aromatic rings. The van der Waals surface area contributed by atoms with E-state index in [-0.39, 0.29) is 4.90 Å². The maximum atomic E-state index is 11.8. The van der Waals surface area contributed by atoms with Crippen LogP contribution in [0, 0.1) is 5.92 Å². The molecule has 1 aromatic heterocycles. The molecule has 0 atom stereocenters.